The van der Waals surface area contributed by atoms with Crippen LogP contribution in [-0.4, -0.2) is 70.4 Å². The first-order valence-electron chi connectivity index (χ1n) is 13.5. The molecule has 0 unspecified atom stereocenters. The number of carbonyl (C=O) groups excluding carboxylic acids is 1. The Labute approximate surface area is 232 Å². The number of anilines is 1. The minimum absolute atomic E-state index is 0.0462. The molecule has 2 aromatic carbocycles. The Morgan fingerprint density at radius 3 is 2.49 bits per heavy atom. The van der Waals surface area contributed by atoms with E-state index < -0.39 is 0 Å². The third kappa shape index (κ3) is 5.48. The van der Waals surface area contributed by atoms with E-state index in [0.717, 1.165) is 43.0 Å². The van der Waals surface area contributed by atoms with Gasteiger partial charge in [-0.1, -0.05) is 17.7 Å². The predicted molar refractivity (Wildman–Crippen MR) is 156 cm³/mol. The molecule has 4 aromatic rings. The smallest absolute Gasteiger partial charge is 0.254 e. The molecule has 9 heteroatoms. The SMILES string of the molecule is O=C(c1cc(-c2ccc(O)cc2)nc2[nH]nc(/C=C/c3cc(Cl)cc(N4CCCCC4)c3)c12)N1CCNCC1. The molecule has 2 aliphatic heterocycles. The van der Waals surface area contributed by atoms with Crippen LogP contribution in [0.5, 0.6) is 5.75 Å². The van der Waals surface area contributed by atoms with E-state index in [1.807, 2.05) is 35.3 Å². The number of fused-ring (bicyclic) bond motifs is 1. The number of aromatic hydroxyl groups is 1. The number of aromatic amines is 1. The number of benzene rings is 2. The van der Waals surface area contributed by atoms with Gasteiger partial charge in [0.1, 0.15) is 5.75 Å². The molecule has 8 nitrogen and oxygen atoms in total. The normalized spacial score (nSPS) is 16.3. The Kier molecular flexibility index (Phi) is 7.22. The molecular weight excluding hydrogens is 512 g/mol. The standard InChI is InChI=1S/C30H31ClN6O2/c31-22-16-20(17-23(18-22)36-12-2-1-3-13-36)4-9-26-28-25(30(39)37-14-10-32-11-15-37)19-27(33-29(28)35-34-26)21-5-7-24(38)8-6-21/h4-9,16-19,32,38H,1-3,10-15H2,(H,33,34,35)/b9-4+. The number of nitrogens with zero attached hydrogens (tertiary/aromatic N) is 4. The molecule has 0 radical (unpaired) electrons. The Bertz CT molecular complexity index is 1520. The summed E-state index contributed by atoms with van der Waals surface area (Å²) < 4.78 is 0. The Morgan fingerprint density at radius 1 is 0.949 bits per heavy atom. The molecule has 2 aromatic heterocycles. The van der Waals surface area contributed by atoms with E-state index >= 15 is 0 Å². The number of hydrogen-bond acceptors (Lipinski definition) is 6. The Morgan fingerprint density at radius 2 is 1.72 bits per heavy atom. The lowest BCUT2D eigenvalue weighted by Crippen LogP contribution is -2.46. The highest BCUT2D eigenvalue weighted by atomic mass is 35.5. The van der Waals surface area contributed by atoms with Crippen LogP contribution in [0.1, 0.15) is 40.9 Å². The Balaban J connectivity index is 1.40. The molecule has 1 amide bonds. The minimum Gasteiger partial charge on any atom is -0.508 e. The maximum absolute atomic E-state index is 13.8. The van der Waals surface area contributed by atoms with Crippen LogP contribution >= 0.6 is 11.6 Å². The van der Waals surface area contributed by atoms with Crippen LogP contribution in [0.15, 0.2) is 48.5 Å². The molecule has 0 spiro atoms. The van der Waals surface area contributed by atoms with Gasteiger partial charge in [0.05, 0.1) is 22.3 Å². The molecule has 4 heterocycles. The summed E-state index contributed by atoms with van der Waals surface area (Å²) in [5, 5.41) is 22.0. The number of rotatable bonds is 5. The van der Waals surface area contributed by atoms with Crippen LogP contribution in [-0.2, 0) is 0 Å². The monoisotopic (exact) mass is 542 g/mol. The Hall–Kier alpha value is -3.88. The van der Waals surface area contributed by atoms with Gasteiger partial charge in [-0.05, 0) is 79.4 Å². The van der Waals surface area contributed by atoms with E-state index in [0.29, 0.717) is 46.1 Å². The van der Waals surface area contributed by atoms with Gasteiger partial charge in [0.15, 0.2) is 5.65 Å². The van der Waals surface area contributed by atoms with Gasteiger partial charge in [0.25, 0.3) is 5.91 Å². The number of hydrogen-bond donors (Lipinski definition) is 3. The van der Waals surface area contributed by atoms with Crippen molar-refractivity contribution in [1.29, 1.82) is 0 Å². The topological polar surface area (TPSA) is 97.4 Å². The number of nitrogens with one attached hydrogen (secondary N) is 2. The second-order valence-corrected chi connectivity index (χ2v) is 10.5. The number of phenols is 1. The molecule has 2 aliphatic rings. The highest BCUT2D eigenvalue weighted by Gasteiger charge is 2.24. The van der Waals surface area contributed by atoms with Gasteiger partial charge in [-0.15, -0.1) is 0 Å². The molecule has 0 aliphatic carbocycles. The van der Waals surface area contributed by atoms with E-state index in [4.69, 9.17) is 16.6 Å². The molecule has 39 heavy (non-hydrogen) atoms. The van der Waals surface area contributed by atoms with Crippen LogP contribution in [0, 0.1) is 0 Å². The second kappa shape index (κ2) is 11.1. The second-order valence-electron chi connectivity index (χ2n) is 10.1. The summed E-state index contributed by atoms with van der Waals surface area (Å²) in [4.78, 5) is 22.8. The fourth-order valence-electron chi connectivity index (χ4n) is 5.36. The minimum atomic E-state index is -0.0462. The van der Waals surface area contributed by atoms with Gasteiger partial charge in [-0.3, -0.25) is 9.89 Å². The van der Waals surface area contributed by atoms with Gasteiger partial charge < -0.3 is 20.2 Å². The van der Waals surface area contributed by atoms with E-state index in [1.165, 1.54) is 19.3 Å². The summed E-state index contributed by atoms with van der Waals surface area (Å²) in [5.74, 6) is 0.130. The largest absolute Gasteiger partial charge is 0.508 e. The zero-order chi connectivity index (χ0) is 26.8. The average Bonchev–Trinajstić information content (AvgIpc) is 3.39. The highest BCUT2D eigenvalue weighted by Crippen LogP contribution is 2.30. The number of piperidine rings is 1. The molecule has 0 bridgehead atoms. The third-order valence-electron chi connectivity index (χ3n) is 7.42. The van der Waals surface area contributed by atoms with Crippen molar-refractivity contribution >= 4 is 46.4 Å². The molecule has 2 fully saturated rings. The van der Waals surface area contributed by atoms with Crippen molar-refractivity contribution in [2.75, 3.05) is 44.2 Å². The zero-order valence-corrected chi connectivity index (χ0v) is 22.4. The molecule has 0 saturated carbocycles. The van der Waals surface area contributed by atoms with Crippen LogP contribution in [0.2, 0.25) is 5.02 Å². The van der Waals surface area contributed by atoms with Crippen molar-refractivity contribution in [1.82, 2.24) is 25.4 Å². The number of carbonyl (C=O) groups is 1. The highest BCUT2D eigenvalue weighted by molar-refractivity contribution is 6.31. The lowest BCUT2D eigenvalue weighted by atomic mass is 10.0. The van der Waals surface area contributed by atoms with Gasteiger partial charge in [0.2, 0.25) is 0 Å². The van der Waals surface area contributed by atoms with Gasteiger partial charge in [-0.25, -0.2) is 4.98 Å². The maximum atomic E-state index is 13.8. The fraction of sp³-hybridized carbons (Fsp3) is 0.300. The number of amides is 1. The first-order chi connectivity index (χ1) is 19.0. The van der Waals surface area contributed by atoms with Gasteiger partial charge in [0, 0.05) is 55.5 Å². The molecule has 0 atom stereocenters. The van der Waals surface area contributed by atoms with Crippen molar-refractivity contribution in [3.05, 3.63) is 70.4 Å². The molecule has 3 N–H and O–H groups in total. The number of aromatic nitrogens is 3. The van der Waals surface area contributed by atoms with Crippen molar-refractivity contribution < 1.29 is 9.90 Å². The number of phenolic OH excluding ortho intramolecular Hbond substituents is 1. The maximum Gasteiger partial charge on any atom is 0.254 e. The van der Waals surface area contributed by atoms with Crippen molar-refractivity contribution in [3.63, 3.8) is 0 Å². The van der Waals surface area contributed by atoms with Crippen molar-refractivity contribution in [3.8, 4) is 17.0 Å². The van der Waals surface area contributed by atoms with E-state index in [9.17, 15) is 9.90 Å². The lowest BCUT2D eigenvalue weighted by molar-refractivity contribution is 0.0737. The summed E-state index contributed by atoms with van der Waals surface area (Å²) in [6.07, 6.45) is 7.57. The van der Waals surface area contributed by atoms with E-state index in [2.05, 4.69) is 26.5 Å². The van der Waals surface area contributed by atoms with E-state index in [-0.39, 0.29) is 11.7 Å². The van der Waals surface area contributed by atoms with Gasteiger partial charge in [-0.2, -0.15) is 5.10 Å². The molecule has 200 valence electrons. The molecular formula is C30H31ClN6O2. The number of H-pyrrole nitrogens is 1. The lowest BCUT2D eigenvalue weighted by Gasteiger charge is -2.29. The number of halogens is 1. The van der Waals surface area contributed by atoms with Crippen molar-refractivity contribution in [2.45, 2.75) is 19.3 Å². The number of pyridine rings is 1. The molecule has 6 rings (SSSR count). The number of piperazine rings is 1. The molecule has 2 saturated heterocycles. The van der Waals surface area contributed by atoms with Crippen LogP contribution < -0.4 is 10.2 Å². The third-order valence-corrected chi connectivity index (χ3v) is 7.63. The summed E-state index contributed by atoms with van der Waals surface area (Å²) in [6, 6.07) is 14.8. The van der Waals surface area contributed by atoms with Gasteiger partial charge >= 0.3 is 0 Å². The first kappa shape index (κ1) is 25.4. The fourth-order valence-corrected chi connectivity index (χ4v) is 5.60. The summed E-state index contributed by atoms with van der Waals surface area (Å²) in [5.41, 5.74) is 5.29. The quantitative estimate of drug-likeness (QED) is 0.321. The van der Waals surface area contributed by atoms with Crippen molar-refractivity contribution in [2.24, 2.45) is 0 Å². The summed E-state index contributed by atoms with van der Waals surface area (Å²) in [6.45, 7) is 4.89. The van der Waals surface area contributed by atoms with Crippen LogP contribution in [0.4, 0.5) is 5.69 Å². The predicted octanol–water partition coefficient (Wildman–Crippen LogP) is 5.19. The summed E-state index contributed by atoms with van der Waals surface area (Å²) >= 11 is 6.50. The average molecular weight is 543 g/mol. The summed E-state index contributed by atoms with van der Waals surface area (Å²) in [7, 11) is 0. The zero-order valence-electron chi connectivity index (χ0n) is 21.7. The van der Waals surface area contributed by atoms with Crippen LogP contribution in [0.3, 0.4) is 0 Å². The van der Waals surface area contributed by atoms with Crippen LogP contribution in [0.25, 0.3) is 34.4 Å². The van der Waals surface area contributed by atoms with E-state index in [1.54, 1.807) is 24.3 Å². The first-order valence-corrected chi connectivity index (χ1v) is 13.8.